The van der Waals surface area contributed by atoms with Gasteiger partial charge in [-0.25, -0.2) is 13.2 Å². The molecular formula is C22H26ClN3O3S. The van der Waals surface area contributed by atoms with Crippen LogP contribution in [0, 0.1) is 12.3 Å². The minimum Gasteiger partial charge on any atom is -0.334 e. The fraction of sp³-hybridized carbons (Fsp3) is 0.318. The summed E-state index contributed by atoms with van der Waals surface area (Å²) in [5.74, 6) is 2.42. The molecule has 0 heterocycles. The number of sulfonamides is 1. The van der Waals surface area contributed by atoms with Gasteiger partial charge in [-0.15, -0.1) is 6.42 Å². The number of anilines is 1. The fourth-order valence-electron chi connectivity index (χ4n) is 2.70. The standard InChI is InChI=1S/C22H26ClN3O3S/c1-6-16-11-17(19(23)12-20(16)26-30(5,28)29)14-25-21(27)24-13-15-7-9-18(10-8-15)22(2,3)4/h1,7-12,26H,13-14H2,2-5H3,(H2,24,25,27). The van der Waals surface area contributed by atoms with E-state index in [4.69, 9.17) is 18.0 Å². The van der Waals surface area contributed by atoms with E-state index in [0.29, 0.717) is 22.7 Å². The van der Waals surface area contributed by atoms with E-state index in [9.17, 15) is 13.2 Å². The highest BCUT2D eigenvalue weighted by atomic mass is 35.5. The first-order chi connectivity index (χ1) is 13.9. The molecule has 0 aliphatic carbocycles. The molecule has 0 radical (unpaired) electrons. The number of benzene rings is 2. The summed E-state index contributed by atoms with van der Waals surface area (Å²) in [6.07, 6.45) is 6.49. The highest BCUT2D eigenvalue weighted by Crippen LogP contribution is 2.26. The van der Waals surface area contributed by atoms with Crippen LogP contribution in [0.4, 0.5) is 10.5 Å². The molecule has 0 aliphatic heterocycles. The van der Waals surface area contributed by atoms with Gasteiger partial charge in [-0.3, -0.25) is 4.72 Å². The molecule has 30 heavy (non-hydrogen) atoms. The first kappa shape index (κ1) is 23.6. The van der Waals surface area contributed by atoms with Crippen LogP contribution in [-0.2, 0) is 28.5 Å². The van der Waals surface area contributed by atoms with E-state index >= 15 is 0 Å². The highest BCUT2D eigenvalue weighted by molar-refractivity contribution is 7.92. The molecule has 0 saturated carbocycles. The van der Waals surface area contributed by atoms with Crippen LogP contribution in [0.15, 0.2) is 36.4 Å². The van der Waals surface area contributed by atoms with Crippen LogP contribution in [0.3, 0.4) is 0 Å². The van der Waals surface area contributed by atoms with Crippen LogP contribution in [0.2, 0.25) is 5.02 Å². The minimum absolute atomic E-state index is 0.0756. The number of terminal acetylenes is 1. The van der Waals surface area contributed by atoms with Gasteiger partial charge in [-0.2, -0.15) is 0 Å². The Hall–Kier alpha value is -2.69. The number of carbonyl (C=O) groups excluding carboxylic acids is 1. The Kier molecular flexibility index (Phi) is 7.40. The Labute approximate surface area is 183 Å². The molecule has 2 aromatic carbocycles. The van der Waals surface area contributed by atoms with Crippen molar-refractivity contribution in [1.29, 1.82) is 0 Å². The number of carbonyl (C=O) groups is 1. The predicted octanol–water partition coefficient (Wildman–Crippen LogP) is 3.99. The largest absolute Gasteiger partial charge is 0.334 e. The molecule has 0 fully saturated rings. The van der Waals surface area contributed by atoms with Crippen molar-refractivity contribution in [2.45, 2.75) is 39.3 Å². The van der Waals surface area contributed by atoms with Gasteiger partial charge in [0.25, 0.3) is 0 Å². The van der Waals surface area contributed by atoms with E-state index < -0.39 is 10.0 Å². The van der Waals surface area contributed by atoms with Crippen molar-refractivity contribution in [2.24, 2.45) is 0 Å². The Balaban J connectivity index is 1.97. The number of urea groups is 1. The molecule has 2 aromatic rings. The van der Waals surface area contributed by atoms with Gasteiger partial charge in [0, 0.05) is 23.7 Å². The molecular weight excluding hydrogens is 422 g/mol. The molecule has 0 bridgehead atoms. The maximum atomic E-state index is 12.1. The van der Waals surface area contributed by atoms with Gasteiger partial charge < -0.3 is 10.6 Å². The number of rotatable bonds is 6. The predicted molar refractivity (Wildman–Crippen MR) is 122 cm³/mol. The average Bonchev–Trinajstić information content (AvgIpc) is 2.64. The lowest BCUT2D eigenvalue weighted by Crippen LogP contribution is -2.34. The number of amides is 2. The van der Waals surface area contributed by atoms with Crippen LogP contribution < -0.4 is 15.4 Å². The molecule has 0 unspecified atom stereocenters. The van der Waals surface area contributed by atoms with Crippen molar-refractivity contribution >= 4 is 33.3 Å². The molecule has 0 aliphatic rings. The van der Waals surface area contributed by atoms with E-state index in [0.717, 1.165) is 11.8 Å². The third-order valence-corrected chi connectivity index (χ3v) is 5.29. The van der Waals surface area contributed by atoms with Crippen molar-refractivity contribution in [2.75, 3.05) is 11.0 Å². The second-order valence-electron chi connectivity index (χ2n) is 7.99. The Morgan fingerprint density at radius 1 is 1.10 bits per heavy atom. The summed E-state index contributed by atoms with van der Waals surface area (Å²) in [4.78, 5) is 12.1. The maximum Gasteiger partial charge on any atom is 0.315 e. The lowest BCUT2D eigenvalue weighted by molar-refractivity contribution is 0.240. The summed E-state index contributed by atoms with van der Waals surface area (Å²) in [6.45, 7) is 6.97. The second-order valence-corrected chi connectivity index (χ2v) is 10.1. The molecule has 0 saturated heterocycles. The highest BCUT2D eigenvalue weighted by Gasteiger charge is 2.14. The summed E-state index contributed by atoms with van der Waals surface area (Å²) in [6, 6.07) is 10.7. The Morgan fingerprint density at radius 3 is 2.23 bits per heavy atom. The van der Waals surface area contributed by atoms with E-state index in [1.54, 1.807) is 6.07 Å². The first-order valence-corrected chi connectivity index (χ1v) is 11.5. The Morgan fingerprint density at radius 2 is 1.70 bits per heavy atom. The van der Waals surface area contributed by atoms with Gasteiger partial charge in [-0.05, 0) is 34.2 Å². The molecule has 0 aromatic heterocycles. The van der Waals surface area contributed by atoms with Crippen LogP contribution >= 0.6 is 11.6 Å². The van der Waals surface area contributed by atoms with Crippen molar-refractivity contribution in [3.05, 3.63) is 63.7 Å². The van der Waals surface area contributed by atoms with E-state index in [1.165, 1.54) is 11.6 Å². The molecule has 2 rings (SSSR count). The molecule has 0 atom stereocenters. The van der Waals surface area contributed by atoms with Gasteiger partial charge in [0.15, 0.2) is 0 Å². The quantitative estimate of drug-likeness (QED) is 0.585. The lowest BCUT2D eigenvalue weighted by Gasteiger charge is -2.19. The molecule has 3 N–H and O–H groups in total. The number of hydrogen-bond donors (Lipinski definition) is 3. The van der Waals surface area contributed by atoms with Gasteiger partial charge in [0.1, 0.15) is 0 Å². The first-order valence-electron chi connectivity index (χ1n) is 9.27. The molecule has 8 heteroatoms. The lowest BCUT2D eigenvalue weighted by atomic mass is 9.87. The third kappa shape index (κ3) is 6.97. The van der Waals surface area contributed by atoms with E-state index in [2.05, 4.69) is 54.2 Å². The van der Waals surface area contributed by atoms with Crippen molar-refractivity contribution in [3.8, 4) is 12.3 Å². The van der Waals surface area contributed by atoms with E-state index in [-0.39, 0.29) is 23.7 Å². The number of nitrogens with one attached hydrogen (secondary N) is 3. The Bertz CT molecular complexity index is 1070. The molecule has 0 spiro atoms. The zero-order chi connectivity index (χ0) is 22.5. The van der Waals surface area contributed by atoms with Gasteiger partial charge in [0.05, 0.1) is 11.9 Å². The van der Waals surface area contributed by atoms with Gasteiger partial charge in [-0.1, -0.05) is 62.6 Å². The zero-order valence-corrected chi connectivity index (χ0v) is 19.0. The second kappa shape index (κ2) is 9.41. The van der Waals surface area contributed by atoms with Crippen molar-refractivity contribution in [3.63, 3.8) is 0 Å². The van der Waals surface area contributed by atoms with Crippen molar-refractivity contribution < 1.29 is 13.2 Å². The van der Waals surface area contributed by atoms with Crippen LogP contribution in [0.1, 0.15) is 43.0 Å². The molecule has 6 nitrogen and oxygen atoms in total. The van der Waals surface area contributed by atoms with Crippen LogP contribution in [0.5, 0.6) is 0 Å². The normalized spacial score (nSPS) is 11.5. The smallest absolute Gasteiger partial charge is 0.315 e. The van der Waals surface area contributed by atoms with Gasteiger partial charge in [0.2, 0.25) is 10.0 Å². The third-order valence-electron chi connectivity index (χ3n) is 4.35. The average molecular weight is 448 g/mol. The van der Waals surface area contributed by atoms with E-state index in [1.807, 2.05) is 12.1 Å². The number of hydrogen-bond acceptors (Lipinski definition) is 3. The SMILES string of the molecule is C#Cc1cc(CNC(=O)NCc2ccc(C(C)(C)C)cc2)c(Cl)cc1NS(C)(=O)=O. The molecule has 160 valence electrons. The summed E-state index contributed by atoms with van der Waals surface area (Å²) in [7, 11) is -3.49. The number of halogens is 1. The van der Waals surface area contributed by atoms with Crippen LogP contribution in [-0.4, -0.2) is 20.7 Å². The van der Waals surface area contributed by atoms with Crippen LogP contribution in [0.25, 0.3) is 0 Å². The summed E-state index contributed by atoms with van der Waals surface area (Å²) in [5.41, 5.74) is 3.42. The summed E-state index contributed by atoms with van der Waals surface area (Å²) >= 11 is 6.22. The maximum absolute atomic E-state index is 12.1. The summed E-state index contributed by atoms with van der Waals surface area (Å²) in [5, 5.41) is 5.81. The minimum atomic E-state index is -3.49. The fourth-order valence-corrected chi connectivity index (χ4v) is 3.50. The van der Waals surface area contributed by atoms with Gasteiger partial charge >= 0.3 is 6.03 Å². The monoisotopic (exact) mass is 447 g/mol. The molecule has 2 amide bonds. The van der Waals surface area contributed by atoms with Crippen molar-refractivity contribution in [1.82, 2.24) is 10.6 Å². The zero-order valence-electron chi connectivity index (χ0n) is 17.5. The topological polar surface area (TPSA) is 87.3 Å². The summed E-state index contributed by atoms with van der Waals surface area (Å²) < 4.78 is 25.2.